The highest BCUT2D eigenvalue weighted by molar-refractivity contribution is 5.65. The van der Waals surface area contributed by atoms with E-state index in [9.17, 15) is 5.11 Å². The molecule has 0 atom stereocenters. The number of ether oxygens (including phenoxy) is 1. The molecule has 1 aliphatic heterocycles. The topological polar surface area (TPSA) is 74.9 Å². The number of aromatic hydroxyl groups is 1. The first kappa shape index (κ1) is 13.7. The molecule has 3 rings (SSSR count). The Bertz CT molecular complexity index is 620. The van der Waals surface area contributed by atoms with Crippen LogP contribution in [0.2, 0.25) is 0 Å². The van der Waals surface area contributed by atoms with E-state index in [1.54, 1.807) is 25.3 Å². The van der Waals surface area contributed by atoms with E-state index in [1.807, 2.05) is 0 Å². The molecule has 7 nitrogen and oxygen atoms in total. The normalized spacial score (nSPS) is 16.2. The quantitative estimate of drug-likeness (QED) is 0.910. The Morgan fingerprint density at radius 1 is 1.24 bits per heavy atom. The number of aromatic nitrogens is 2. The van der Waals surface area contributed by atoms with Crippen molar-refractivity contribution in [3.8, 4) is 23.0 Å². The van der Waals surface area contributed by atoms with Crippen molar-refractivity contribution in [1.29, 1.82) is 0 Å². The van der Waals surface area contributed by atoms with E-state index in [0.29, 0.717) is 23.2 Å². The third kappa shape index (κ3) is 2.78. The molecule has 1 fully saturated rings. The van der Waals surface area contributed by atoms with Crippen LogP contribution < -0.4 is 9.64 Å². The molecule has 2 aromatic rings. The van der Waals surface area contributed by atoms with Gasteiger partial charge in [0.2, 0.25) is 0 Å². The largest absolute Gasteiger partial charge is 0.507 e. The number of rotatable bonds is 3. The van der Waals surface area contributed by atoms with E-state index in [0.717, 1.165) is 26.2 Å². The van der Waals surface area contributed by atoms with Crippen LogP contribution in [0.3, 0.4) is 0 Å². The Morgan fingerprint density at radius 3 is 2.71 bits per heavy atom. The third-order valence-electron chi connectivity index (χ3n) is 3.64. The predicted octanol–water partition coefficient (Wildman–Crippen LogP) is 1.20. The molecule has 0 spiro atoms. The molecule has 1 saturated heterocycles. The van der Waals surface area contributed by atoms with Gasteiger partial charge in [0.1, 0.15) is 11.5 Å². The van der Waals surface area contributed by atoms with E-state index in [-0.39, 0.29) is 5.75 Å². The highest BCUT2D eigenvalue weighted by Crippen LogP contribution is 2.32. The van der Waals surface area contributed by atoms with Crippen molar-refractivity contribution in [1.82, 2.24) is 15.0 Å². The zero-order valence-electron chi connectivity index (χ0n) is 12.1. The lowest BCUT2D eigenvalue weighted by Crippen LogP contribution is -2.44. The molecule has 112 valence electrons. The van der Waals surface area contributed by atoms with Crippen LogP contribution in [-0.4, -0.2) is 60.5 Å². The number of hydrogen-bond acceptors (Lipinski definition) is 7. The van der Waals surface area contributed by atoms with Crippen LogP contribution in [0.1, 0.15) is 0 Å². The van der Waals surface area contributed by atoms with Crippen molar-refractivity contribution in [2.45, 2.75) is 0 Å². The molecule has 0 unspecified atom stereocenters. The molecule has 1 aliphatic rings. The van der Waals surface area contributed by atoms with Crippen LogP contribution in [0.4, 0.5) is 5.95 Å². The van der Waals surface area contributed by atoms with Gasteiger partial charge in [0.05, 0.1) is 12.7 Å². The van der Waals surface area contributed by atoms with Gasteiger partial charge in [-0.25, -0.2) is 0 Å². The Hall–Kier alpha value is -2.28. The molecule has 1 N–H and O–H groups in total. The van der Waals surface area contributed by atoms with Crippen molar-refractivity contribution >= 4 is 5.95 Å². The molecule has 1 aromatic heterocycles. The minimum absolute atomic E-state index is 0.0874. The van der Waals surface area contributed by atoms with Gasteiger partial charge in [-0.15, -0.1) is 0 Å². The number of hydrogen-bond donors (Lipinski definition) is 1. The number of benzene rings is 1. The second-order valence-corrected chi connectivity index (χ2v) is 5.07. The first-order chi connectivity index (χ1) is 10.2. The first-order valence-electron chi connectivity index (χ1n) is 6.82. The molecule has 0 amide bonds. The van der Waals surface area contributed by atoms with E-state index >= 15 is 0 Å². The Morgan fingerprint density at radius 2 is 2.00 bits per heavy atom. The summed E-state index contributed by atoms with van der Waals surface area (Å²) < 4.78 is 10.4. The van der Waals surface area contributed by atoms with E-state index in [1.165, 1.54) is 0 Å². The summed E-state index contributed by atoms with van der Waals surface area (Å²) in [4.78, 5) is 8.71. The second kappa shape index (κ2) is 5.61. The zero-order valence-corrected chi connectivity index (χ0v) is 12.1. The highest BCUT2D eigenvalue weighted by Gasteiger charge is 2.21. The fourth-order valence-electron chi connectivity index (χ4n) is 2.27. The molecule has 1 aromatic carbocycles. The van der Waals surface area contributed by atoms with Gasteiger partial charge in [-0.05, 0) is 30.4 Å². The molecule has 0 aliphatic carbocycles. The lowest BCUT2D eigenvalue weighted by Gasteiger charge is -2.31. The fourth-order valence-corrected chi connectivity index (χ4v) is 2.27. The van der Waals surface area contributed by atoms with Gasteiger partial charge in [-0.3, -0.25) is 0 Å². The summed E-state index contributed by atoms with van der Waals surface area (Å²) in [6, 6.07) is 4.90. The third-order valence-corrected chi connectivity index (χ3v) is 3.64. The van der Waals surface area contributed by atoms with Gasteiger partial charge in [0.25, 0.3) is 11.8 Å². The van der Waals surface area contributed by atoms with Crippen molar-refractivity contribution < 1.29 is 14.4 Å². The zero-order chi connectivity index (χ0) is 14.8. The maximum atomic E-state index is 9.93. The monoisotopic (exact) mass is 290 g/mol. The van der Waals surface area contributed by atoms with E-state index < -0.39 is 0 Å². The molecule has 0 bridgehead atoms. The Kier molecular flexibility index (Phi) is 3.66. The maximum absolute atomic E-state index is 9.93. The van der Waals surface area contributed by atoms with Gasteiger partial charge in [0.15, 0.2) is 0 Å². The molecule has 0 radical (unpaired) electrons. The van der Waals surface area contributed by atoms with Crippen molar-refractivity contribution in [2.24, 2.45) is 0 Å². The number of phenolic OH excluding ortho intramolecular Hbond substituents is 1. The number of likely N-dealkylation sites (N-methyl/N-ethyl adjacent to an activating group) is 1. The molecular weight excluding hydrogens is 272 g/mol. The lowest BCUT2D eigenvalue weighted by molar-refractivity contribution is 0.309. The number of piperazine rings is 1. The smallest absolute Gasteiger partial charge is 0.266 e. The van der Waals surface area contributed by atoms with Crippen LogP contribution in [0, 0.1) is 0 Å². The first-order valence-corrected chi connectivity index (χ1v) is 6.82. The fraction of sp³-hybridized carbons (Fsp3) is 0.429. The van der Waals surface area contributed by atoms with Crippen molar-refractivity contribution in [3.63, 3.8) is 0 Å². The van der Waals surface area contributed by atoms with Gasteiger partial charge in [-0.2, -0.15) is 4.98 Å². The van der Waals surface area contributed by atoms with Crippen molar-refractivity contribution in [2.75, 3.05) is 45.2 Å². The standard InChI is InChI=1S/C14H18N4O3/c1-17-5-7-18(8-6-17)14-15-13(21-16-14)11-9-10(20-2)3-4-12(11)19/h3-4,9,19H,5-8H2,1-2H3. The molecule has 21 heavy (non-hydrogen) atoms. The average Bonchev–Trinajstić information content (AvgIpc) is 2.98. The second-order valence-electron chi connectivity index (χ2n) is 5.07. The number of anilines is 1. The number of phenols is 1. The molecular formula is C14H18N4O3. The van der Waals surface area contributed by atoms with Crippen LogP contribution in [0.15, 0.2) is 22.7 Å². The van der Waals surface area contributed by atoms with Gasteiger partial charge in [0, 0.05) is 26.2 Å². The predicted molar refractivity (Wildman–Crippen MR) is 77.7 cm³/mol. The van der Waals surface area contributed by atoms with Crippen LogP contribution in [0.25, 0.3) is 11.5 Å². The van der Waals surface area contributed by atoms with Crippen LogP contribution in [0.5, 0.6) is 11.5 Å². The van der Waals surface area contributed by atoms with Gasteiger partial charge < -0.3 is 24.2 Å². The van der Waals surface area contributed by atoms with Crippen molar-refractivity contribution in [3.05, 3.63) is 18.2 Å². The van der Waals surface area contributed by atoms with Crippen LogP contribution in [-0.2, 0) is 0 Å². The van der Waals surface area contributed by atoms with Crippen LogP contribution >= 0.6 is 0 Å². The summed E-state index contributed by atoms with van der Waals surface area (Å²) in [5.41, 5.74) is 0.474. The summed E-state index contributed by atoms with van der Waals surface area (Å²) in [5.74, 6) is 1.56. The SMILES string of the molecule is COc1ccc(O)c(-c2nc(N3CCN(C)CC3)no2)c1. The Labute approximate surface area is 122 Å². The number of nitrogens with zero attached hydrogens (tertiary/aromatic N) is 4. The minimum Gasteiger partial charge on any atom is -0.507 e. The molecule has 2 heterocycles. The molecule has 7 heteroatoms. The summed E-state index contributed by atoms with van der Waals surface area (Å²) in [6.45, 7) is 3.65. The number of methoxy groups -OCH3 is 1. The van der Waals surface area contributed by atoms with E-state index in [4.69, 9.17) is 9.26 Å². The Balaban J connectivity index is 1.85. The average molecular weight is 290 g/mol. The summed E-state index contributed by atoms with van der Waals surface area (Å²) in [7, 11) is 3.66. The highest BCUT2D eigenvalue weighted by atomic mass is 16.5. The summed E-state index contributed by atoms with van der Waals surface area (Å²) in [6.07, 6.45) is 0. The summed E-state index contributed by atoms with van der Waals surface area (Å²) in [5, 5.41) is 13.9. The summed E-state index contributed by atoms with van der Waals surface area (Å²) >= 11 is 0. The molecule has 0 saturated carbocycles. The van der Waals surface area contributed by atoms with Gasteiger partial charge >= 0.3 is 0 Å². The van der Waals surface area contributed by atoms with E-state index in [2.05, 4.69) is 27.0 Å². The van der Waals surface area contributed by atoms with Gasteiger partial charge in [-0.1, -0.05) is 0 Å². The lowest BCUT2D eigenvalue weighted by atomic mass is 10.2. The minimum atomic E-state index is 0.0874. The maximum Gasteiger partial charge on any atom is 0.266 e.